The number of thiophene rings is 1. The van der Waals surface area contributed by atoms with E-state index >= 15 is 0 Å². The Labute approximate surface area is 125 Å². The van der Waals surface area contributed by atoms with Crippen molar-refractivity contribution in [3.8, 4) is 0 Å². The summed E-state index contributed by atoms with van der Waals surface area (Å²) in [6.45, 7) is 1.96. The van der Waals surface area contributed by atoms with Crippen molar-refractivity contribution in [1.29, 1.82) is 0 Å². The van der Waals surface area contributed by atoms with Gasteiger partial charge >= 0.3 is 0 Å². The van der Waals surface area contributed by atoms with E-state index in [0.29, 0.717) is 5.56 Å². The van der Waals surface area contributed by atoms with Crippen LogP contribution in [-0.2, 0) is 6.42 Å². The molecule has 6 heteroatoms. The van der Waals surface area contributed by atoms with Crippen molar-refractivity contribution >= 4 is 40.4 Å². The number of pyridine rings is 1. The first kappa shape index (κ1) is 14.3. The largest absolute Gasteiger partial charge is 0.349 e. The average Bonchev–Trinajstić information content (AvgIpc) is 2.80. The molecule has 1 atom stereocenters. The summed E-state index contributed by atoms with van der Waals surface area (Å²) < 4.78 is 0. The topological polar surface area (TPSA) is 42.0 Å². The lowest BCUT2D eigenvalue weighted by Gasteiger charge is -2.13. The van der Waals surface area contributed by atoms with Gasteiger partial charge in [0.05, 0.1) is 0 Å². The molecule has 0 spiro atoms. The van der Waals surface area contributed by atoms with Gasteiger partial charge < -0.3 is 5.32 Å². The zero-order chi connectivity index (χ0) is 13.8. The molecule has 0 saturated carbocycles. The number of hydrogen-bond acceptors (Lipinski definition) is 3. The van der Waals surface area contributed by atoms with Gasteiger partial charge in [-0.05, 0) is 47.9 Å². The molecule has 1 N–H and O–H groups in total. The lowest BCUT2D eigenvalue weighted by atomic mass is 10.1. The van der Waals surface area contributed by atoms with Gasteiger partial charge in [-0.1, -0.05) is 23.2 Å². The molecule has 0 aromatic carbocycles. The summed E-state index contributed by atoms with van der Waals surface area (Å²) in [4.78, 5) is 15.8. The minimum atomic E-state index is -0.200. The van der Waals surface area contributed by atoms with Gasteiger partial charge in [0.2, 0.25) is 0 Å². The first-order chi connectivity index (χ1) is 9.04. The molecule has 0 aliphatic heterocycles. The van der Waals surface area contributed by atoms with E-state index in [1.165, 1.54) is 17.7 Å². The third-order valence-corrected chi connectivity index (χ3v) is 3.64. The van der Waals surface area contributed by atoms with Gasteiger partial charge in [-0.25, -0.2) is 4.98 Å². The molecular formula is C13H12Cl2N2OS. The Kier molecular flexibility index (Phi) is 4.80. The monoisotopic (exact) mass is 314 g/mol. The summed E-state index contributed by atoms with van der Waals surface area (Å²) in [5, 5.41) is 7.42. The molecule has 2 rings (SSSR count). The summed E-state index contributed by atoms with van der Waals surface area (Å²) in [6, 6.07) is 5.08. The van der Waals surface area contributed by atoms with Crippen molar-refractivity contribution in [3.63, 3.8) is 0 Å². The summed E-state index contributed by atoms with van der Waals surface area (Å²) in [5.74, 6) is -0.200. The Morgan fingerprint density at radius 2 is 2.11 bits per heavy atom. The van der Waals surface area contributed by atoms with Crippen LogP contribution in [0.25, 0.3) is 0 Å². The highest BCUT2D eigenvalue weighted by atomic mass is 35.5. The number of carbonyl (C=O) groups is 1. The van der Waals surface area contributed by atoms with Crippen LogP contribution >= 0.6 is 34.5 Å². The van der Waals surface area contributed by atoms with Gasteiger partial charge in [-0.3, -0.25) is 4.79 Å². The number of hydrogen-bond donors (Lipinski definition) is 1. The number of aromatic nitrogens is 1. The Hall–Kier alpha value is -1.10. The molecule has 0 radical (unpaired) electrons. The molecule has 1 unspecified atom stereocenters. The summed E-state index contributed by atoms with van der Waals surface area (Å²) in [6.07, 6.45) is 0.793. The number of carbonyl (C=O) groups excluding carboxylic acids is 1. The molecule has 1 amide bonds. The summed E-state index contributed by atoms with van der Waals surface area (Å²) in [5.41, 5.74) is 1.63. The van der Waals surface area contributed by atoms with Crippen LogP contribution in [0.2, 0.25) is 10.3 Å². The number of amides is 1. The molecule has 0 aliphatic carbocycles. The fraction of sp³-hybridized carbons (Fsp3) is 0.231. The van der Waals surface area contributed by atoms with Crippen LogP contribution in [0.5, 0.6) is 0 Å². The van der Waals surface area contributed by atoms with Gasteiger partial charge in [0.15, 0.2) is 0 Å². The number of nitrogens with one attached hydrogen (secondary N) is 1. The predicted octanol–water partition coefficient (Wildman–Crippen LogP) is 3.81. The first-order valence-corrected chi connectivity index (χ1v) is 7.39. The van der Waals surface area contributed by atoms with Crippen LogP contribution in [-0.4, -0.2) is 16.9 Å². The molecule has 3 nitrogen and oxygen atoms in total. The molecule has 0 saturated heterocycles. The van der Waals surface area contributed by atoms with Crippen LogP contribution in [0.1, 0.15) is 22.8 Å². The lowest BCUT2D eigenvalue weighted by Crippen LogP contribution is -2.34. The minimum Gasteiger partial charge on any atom is -0.349 e. The molecule has 19 heavy (non-hydrogen) atoms. The normalized spacial score (nSPS) is 12.2. The van der Waals surface area contributed by atoms with Crippen molar-refractivity contribution < 1.29 is 4.79 Å². The van der Waals surface area contributed by atoms with Crippen LogP contribution in [0.4, 0.5) is 0 Å². The Bertz CT molecular complexity index is 552. The minimum absolute atomic E-state index is 0.0350. The standard InChI is InChI=1S/C13H12Cl2N2OS/c1-8(4-9-2-3-19-7-9)16-13(18)10-5-11(14)17-12(15)6-10/h2-3,5-8H,4H2,1H3,(H,16,18). The maximum Gasteiger partial charge on any atom is 0.251 e. The van der Waals surface area contributed by atoms with Gasteiger partial charge in [0, 0.05) is 11.6 Å². The van der Waals surface area contributed by atoms with Crippen LogP contribution in [0.3, 0.4) is 0 Å². The molecule has 100 valence electrons. The van der Waals surface area contributed by atoms with Gasteiger partial charge in [0.1, 0.15) is 10.3 Å². The van der Waals surface area contributed by atoms with Crippen molar-refractivity contribution in [2.24, 2.45) is 0 Å². The quantitative estimate of drug-likeness (QED) is 0.872. The zero-order valence-electron chi connectivity index (χ0n) is 10.2. The highest BCUT2D eigenvalue weighted by molar-refractivity contribution is 7.07. The number of nitrogens with zero attached hydrogens (tertiary/aromatic N) is 1. The van der Waals surface area contributed by atoms with E-state index in [1.54, 1.807) is 11.3 Å². The third kappa shape index (κ3) is 4.20. The first-order valence-electron chi connectivity index (χ1n) is 5.69. The molecule has 2 heterocycles. The van der Waals surface area contributed by atoms with Gasteiger partial charge in [0.25, 0.3) is 5.91 Å². The van der Waals surface area contributed by atoms with E-state index in [-0.39, 0.29) is 22.3 Å². The molecular weight excluding hydrogens is 303 g/mol. The lowest BCUT2D eigenvalue weighted by molar-refractivity contribution is 0.0940. The summed E-state index contributed by atoms with van der Waals surface area (Å²) in [7, 11) is 0. The van der Waals surface area contributed by atoms with Crippen molar-refractivity contribution in [1.82, 2.24) is 10.3 Å². The van der Waals surface area contributed by atoms with Gasteiger partial charge in [-0.2, -0.15) is 11.3 Å². The maximum atomic E-state index is 12.0. The Balaban J connectivity index is 2.00. The summed E-state index contributed by atoms with van der Waals surface area (Å²) >= 11 is 13.2. The Morgan fingerprint density at radius 3 is 2.68 bits per heavy atom. The fourth-order valence-corrected chi connectivity index (χ4v) is 2.86. The van der Waals surface area contributed by atoms with Crippen LogP contribution in [0, 0.1) is 0 Å². The maximum absolute atomic E-state index is 12.0. The second-order valence-corrected chi connectivity index (χ2v) is 5.77. The number of halogens is 2. The molecule has 0 bridgehead atoms. The van der Waals surface area contributed by atoms with E-state index in [9.17, 15) is 4.79 Å². The van der Waals surface area contributed by atoms with E-state index in [1.807, 2.05) is 18.4 Å². The van der Waals surface area contributed by atoms with Crippen molar-refractivity contribution in [2.45, 2.75) is 19.4 Å². The SMILES string of the molecule is CC(Cc1ccsc1)NC(=O)c1cc(Cl)nc(Cl)c1. The van der Waals surface area contributed by atoms with Crippen LogP contribution in [0.15, 0.2) is 29.0 Å². The predicted molar refractivity (Wildman–Crippen MR) is 79.2 cm³/mol. The highest BCUT2D eigenvalue weighted by Gasteiger charge is 2.12. The highest BCUT2D eigenvalue weighted by Crippen LogP contribution is 2.15. The second kappa shape index (κ2) is 6.37. The second-order valence-electron chi connectivity index (χ2n) is 4.21. The molecule has 0 fully saturated rings. The molecule has 2 aromatic heterocycles. The fourth-order valence-electron chi connectivity index (χ4n) is 1.72. The third-order valence-electron chi connectivity index (χ3n) is 2.52. The van der Waals surface area contributed by atoms with Crippen LogP contribution < -0.4 is 5.32 Å². The van der Waals surface area contributed by atoms with Crippen molar-refractivity contribution in [3.05, 3.63) is 50.4 Å². The van der Waals surface area contributed by atoms with E-state index < -0.39 is 0 Å². The van der Waals surface area contributed by atoms with Crippen molar-refractivity contribution in [2.75, 3.05) is 0 Å². The van der Waals surface area contributed by atoms with E-state index in [4.69, 9.17) is 23.2 Å². The zero-order valence-corrected chi connectivity index (χ0v) is 12.5. The van der Waals surface area contributed by atoms with E-state index in [2.05, 4.69) is 15.7 Å². The number of rotatable bonds is 4. The molecule has 2 aromatic rings. The smallest absolute Gasteiger partial charge is 0.251 e. The van der Waals surface area contributed by atoms with Gasteiger partial charge in [-0.15, -0.1) is 0 Å². The Morgan fingerprint density at radius 1 is 1.42 bits per heavy atom. The van der Waals surface area contributed by atoms with E-state index in [0.717, 1.165) is 6.42 Å². The average molecular weight is 315 g/mol. The molecule has 0 aliphatic rings.